The summed E-state index contributed by atoms with van der Waals surface area (Å²) in [5.41, 5.74) is 5.00. The first-order valence-corrected chi connectivity index (χ1v) is 3.88. The van der Waals surface area contributed by atoms with Crippen molar-refractivity contribution in [3.63, 3.8) is 0 Å². The summed E-state index contributed by atoms with van der Waals surface area (Å²) in [5.74, 6) is -0.112. The molecule has 0 radical (unpaired) electrons. The van der Waals surface area contributed by atoms with Gasteiger partial charge in [-0.3, -0.25) is 4.79 Å². The lowest BCUT2D eigenvalue weighted by Gasteiger charge is -2.11. The van der Waals surface area contributed by atoms with E-state index < -0.39 is 18.0 Å². The molecule has 1 aliphatic carbocycles. The van der Waals surface area contributed by atoms with E-state index in [9.17, 15) is 9.59 Å². The van der Waals surface area contributed by atoms with Gasteiger partial charge in [-0.05, 0) is 12.3 Å². The second-order valence-electron chi connectivity index (χ2n) is 3.08. The van der Waals surface area contributed by atoms with E-state index in [0.29, 0.717) is 12.3 Å². The zero-order valence-electron chi connectivity index (χ0n) is 6.62. The van der Waals surface area contributed by atoms with E-state index in [0.717, 1.165) is 12.8 Å². The van der Waals surface area contributed by atoms with Crippen molar-refractivity contribution < 1.29 is 14.7 Å². The summed E-state index contributed by atoms with van der Waals surface area (Å²) < 4.78 is 0. The van der Waals surface area contributed by atoms with Crippen LogP contribution in [-0.2, 0) is 4.79 Å². The van der Waals surface area contributed by atoms with Crippen molar-refractivity contribution in [1.29, 1.82) is 0 Å². The predicted molar refractivity (Wildman–Crippen MR) is 41.5 cm³/mol. The molecule has 5 nitrogen and oxygen atoms in total. The fraction of sp³-hybridized carbons (Fsp3) is 0.714. The smallest absolute Gasteiger partial charge is 0.405 e. The molecular formula is C7H12N2O3. The molecule has 0 heterocycles. The van der Waals surface area contributed by atoms with Gasteiger partial charge < -0.3 is 16.2 Å². The van der Waals surface area contributed by atoms with Gasteiger partial charge in [-0.25, -0.2) is 4.79 Å². The largest absolute Gasteiger partial charge is 0.465 e. The molecule has 1 saturated carbocycles. The molecule has 0 spiro atoms. The third kappa shape index (κ3) is 2.77. The minimum Gasteiger partial charge on any atom is -0.465 e. The first-order valence-electron chi connectivity index (χ1n) is 3.88. The number of carbonyl (C=O) groups is 2. The minimum absolute atomic E-state index is 0.481. The molecule has 1 atom stereocenters. The zero-order valence-corrected chi connectivity index (χ0v) is 6.62. The Morgan fingerprint density at radius 2 is 2.17 bits per heavy atom. The van der Waals surface area contributed by atoms with Gasteiger partial charge in [-0.1, -0.05) is 12.8 Å². The van der Waals surface area contributed by atoms with Gasteiger partial charge in [0.1, 0.15) is 6.04 Å². The van der Waals surface area contributed by atoms with Crippen molar-refractivity contribution in [2.24, 2.45) is 11.7 Å². The monoisotopic (exact) mass is 172 g/mol. The summed E-state index contributed by atoms with van der Waals surface area (Å²) in [7, 11) is 0. The Labute approximate surface area is 69.9 Å². The van der Waals surface area contributed by atoms with E-state index in [1.165, 1.54) is 0 Å². The summed E-state index contributed by atoms with van der Waals surface area (Å²) in [6, 6.07) is -0.713. The average molecular weight is 172 g/mol. The highest BCUT2D eigenvalue weighted by atomic mass is 16.4. The van der Waals surface area contributed by atoms with Crippen LogP contribution in [0, 0.1) is 5.92 Å². The molecule has 5 heteroatoms. The van der Waals surface area contributed by atoms with Crippen molar-refractivity contribution in [2.75, 3.05) is 0 Å². The Kier molecular flexibility index (Phi) is 2.52. The van der Waals surface area contributed by atoms with Crippen molar-refractivity contribution in [3.05, 3.63) is 0 Å². The molecule has 0 aromatic rings. The van der Waals surface area contributed by atoms with Crippen molar-refractivity contribution in [3.8, 4) is 0 Å². The van der Waals surface area contributed by atoms with Crippen molar-refractivity contribution >= 4 is 12.0 Å². The zero-order chi connectivity index (χ0) is 9.14. The molecule has 1 rings (SSSR count). The van der Waals surface area contributed by atoms with E-state index in [4.69, 9.17) is 10.8 Å². The lowest BCUT2D eigenvalue weighted by atomic mass is 10.1. The summed E-state index contributed by atoms with van der Waals surface area (Å²) in [4.78, 5) is 20.9. The van der Waals surface area contributed by atoms with Crippen LogP contribution in [0.4, 0.5) is 4.79 Å². The second-order valence-corrected chi connectivity index (χ2v) is 3.08. The maximum atomic E-state index is 10.7. The van der Waals surface area contributed by atoms with Crippen LogP contribution in [0.5, 0.6) is 0 Å². The third-order valence-corrected chi connectivity index (χ3v) is 1.91. The Hall–Kier alpha value is -1.26. The second kappa shape index (κ2) is 3.42. The highest BCUT2D eigenvalue weighted by molar-refractivity contribution is 5.83. The predicted octanol–water partition coefficient (Wildman–Crippen LogP) is -0.0920. The SMILES string of the molecule is NC(=O)C(CC1CC1)NC(=O)O. The number of carboxylic acid groups (broad SMARTS) is 1. The molecule has 0 bridgehead atoms. The Bertz CT molecular complexity index is 201. The molecular weight excluding hydrogens is 160 g/mol. The number of nitrogens with one attached hydrogen (secondary N) is 1. The van der Waals surface area contributed by atoms with Gasteiger partial charge in [0.15, 0.2) is 0 Å². The first kappa shape index (κ1) is 8.83. The number of amides is 2. The molecule has 68 valence electrons. The van der Waals surface area contributed by atoms with Gasteiger partial charge in [0.05, 0.1) is 0 Å². The summed E-state index contributed by atoms with van der Waals surface area (Å²) >= 11 is 0. The molecule has 0 aliphatic heterocycles. The quantitative estimate of drug-likeness (QED) is 0.553. The molecule has 2 amide bonds. The lowest BCUT2D eigenvalue weighted by molar-refractivity contribution is -0.120. The Morgan fingerprint density at radius 3 is 2.50 bits per heavy atom. The first-order chi connectivity index (χ1) is 5.59. The highest BCUT2D eigenvalue weighted by Gasteiger charge is 2.28. The number of hydrogen-bond acceptors (Lipinski definition) is 2. The van der Waals surface area contributed by atoms with E-state index in [1.54, 1.807) is 0 Å². The molecule has 12 heavy (non-hydrogen) atoms. The van der Waals surface area contributed by atoms with Crippen LogP contribution in [0.1, 0.15) is 19.3 Å². The van der Waals surface area contributed by atoms with Gasteiger partial charge in [0.25, 0.3) is 0 Å². The maximum Gasteiger partial charge on any atom is 0.405 e. The maximum absolute atomic E-state index is 10.7. The fourth-order valence-electron chi connectivity index (χ4n) is 1.08. The van der Waals surface area contributed by atoms with Crippen molar-refractivity contribution in [2.45, 2.75) is 25.3 Å². The van der Waals surface area contributed by atoms with Gasteiger partial charge in [0, 0.05) is 0 Å². The molecule has 0 aromatic carbocycles. The standard InChI is InChI=1S/C7H12N2O3/c8-6(10)5(9-7(11)12)3-4-1-2-4/h4-5,9H,1-3H2,(H2,8,10)(H,11,12). The summed E-state index contributed by atoms with van der Waals surface area (Å²) in [6.07, 6.45) is 1.50. The van der Waals surface area contributed by atoms with Gasteiger partial charge in [-0.2, -0.15) is 0 Å². The molecule has 0 aromatic heterocycles. The molecule has 0 saturated heterocycles. The summed E-state index contributed by atoms with van der Waals surface area (Å²) in [6.45, 7) is 0. The normalized spacial score (nSPS) is 18.3. The van der Waals surface area contributed by atoms with Crippen molar-refractivity contribution in [1.82, 2.24) is 5.32 Å². The number of rotatable bonds is 4. The van der Waals surface area contributed by atoms with Crippen LogP contribution in [-0.4, -0.2) is 23.1 Å². The van der Waals surface area contributed by atoms with Crippen LogP contribution in [0.25, 0.3) is 0 Å². The number of carbonyl (C=O) groups excluding carboxylic acids is 1. The number of nitrogens with two attached hydrogens (primary N) is 1. The van der Waals surface area contributed by atoms with E-state index >= 15 is 0 Å². The van der Waals surface area contributed by atoms with Crippen LogP contribution >= 0.6 is 0 Å². The lowest BCUT2D eigenvalue weighted by Crippen LogP contribution is -2.44. The van der Waals surface area contributed by atoms with Crippen LogP contribution in [0.15, 0.2) is 0 Å². The Balaban J connectivity index is 2.36. The summed E-state index contributed by atoms with van der Waals surface area (Å²) in [5, 5.41) is 10.4. The van der Waals surface area contributed by atoms with Gasteiger partial charge in [0.2, 0.25) is 5.91 Å². The van der Waals surface area contributed by atoms with E-state index in [2.05, 4.69) is 5.32 Å². The average Bonchev–Trinajstić information content (AvgIpc) is 2.68. The van der Waals surface area contributed by atoms with E-state index in [1.807, 2.05) is 0 Å². The molecule has 4 N–H and O–H groups in total. The molecule has 1 unspecified atom stereocenters. The van der Waals surface area contributed by atoms with Crippen LogP contribution in [0.2, 0.25) is 0 Å². The Morgan fingerprint density at radius 1 is 1.58 bits per heavy atom. The van der Waals surface area contributed by atoms with Crippen LogP contribution in [0.3, 0.4) is 0 Å². The van der Waals surface area contributed by atoms with Gasteiger partial charge in [-0.15, -0.1) is 0 Å². The highest BCUT2D eigenvalue weighted by Crippen LogP contribution is 2.33. The number of hydrogen-bond donors (Lipinski definition) is 3. The minimum atomic E-state index is -1.19. The number of primary amides is 1. The van der Waals surface area contributed by atoms with Gasteiger partial charge >= 0.3 is 6.09 Å². The third-order valence-electron chi connectivity index (χ3n) is 1.91. The van der Waals surface area contributed by atoms with Crippen LogP contribution < -0.4 is 11.1 Å². The fourth-order valence-corrected chi connectivity index (χ4v) is 1.08. The molecule has 1 aliphatic rings. The molecule has 1 fully saturated rings. The topological polar surface area (TPSA) is 92.4 Å². The van der Waals surface area contributed by atoms with E-state index in [-0.39, 0.29) is 0 Å².